The van der Waals surface area contributed by atoms with Crippen LogP contribution in [0.1, 0.15) is 37.0 Å². The Balaban J connectivity index is 1.90. The van der Waals surface area contributed by atoms with Gasteiger partial charge in [0, 0.05) is 31.0 Å². The Morgan fingerprint density at radius 1 is 0.853 bits per heavy atom. The van der Waals surface area contributed by atoms with Gasteiger partial charge >= 0.3 is 0 Å². The van der Waals surface area contributed by atoms with Crippen molar-refractivity contribution < 1.29 is 9.59 Å². The molecule has 0 heterocycles. The Labute approximate surface area is 207 Å². The molecule has 0 bridgehead atoms. The lowest BCUT2D eigenvalue weighted by Crippen LogP contribution is -2.51. The number of hydrogen-bond donors (Lipinski definition) is 1. The van der Waals surface area contributed by atoms with Crippen molar-refractivity contribution in [2.75, 3.05) is 6.54 Å². The molecule has 4 nitrogen and oxygen atoms in total. The molecule has 1 atom stereocenters. The van der Waals surface area contributed by atoms with Gasteiger partial charge in [-0.1, -0.05) is 104 Å². The van der Waals surface area contributed by atoms with E-state index in [4.69, 9.17) is 11.6 Å². The second-order valence-electron chi connectivity index (χ2n) is 8.94. The van der Waals surface area contributed by atoms with Gasteiger partial charge < -0.3 is 10.2 Å². The Kier molecular flexibility index (Phi) is 9.72. The molecule has 0 aliphatic heterocycles. The molecule has 1 N–H and O–H groups in total. The van der Waals surface area contributed by atoms with Gasteiger partial charge in [0.2, 0.25) is 11.8 Å². The lowest BCUT2D eigenvalue weighted by atomic mass is 10.0. The van der Waals surface area contributed by atoms with Crippen LogP contribution in [0.5, 0.6) is 0 Å². The van der Waals surface area contributed by atoms with Gasteiger partial charge in [-0.2, -0.15) is 0 Å². The number of carbonyl (C=O) groups excluding carboxylic acids is 2. The Morgan fingerprint density at radius 3 is 2.06 bits per heavy atom. The predicted molar refractivity (Wildman–Crippen MR) is 139 cm³/mol. The minimum atomic E-state index is -0.638. The number of nitrogens with zero attached hydrogens (tertiary/aromatic N) is 1. The van der Waals surface area contributed by atoms with Crippen LogP contribution >= 0.6 is 11.6 Å². The summed E-state index contributed by atoms with van der Waals surface area (Å²) in [6.07, 6.45) is 1.37. The SMILES string of the molecule is CC(C)CNC(=O)[C@@H](Cc1ccccc1)N(Cc1ccccc1Cl)C(=O)CCc1ccccc1. The van der Waals surface area contributed by atoms with Crippen molar-refractivity contribution in [3.05, 3.63) is 107 Å². The maximum atomic E-state index is 13.6. The van der Waals surface area contributed by atoms with E-state index in [9.17, 15) is 9.59 Å². The zero-order chi connectivity index (χ0) is 24.3. The third-order valence-corrected chi connectivity index (χ3v) is 6.09. The summed E-state index contributed by atoms with van der Waals surface area (Å²) in [7, 11) is 0. The summed E-state index contributed by atoms with van der Waals surface area (Å²) in [5, 5.41) is 3.63. The largest absolute Gasteiger partial charge is 0.354 e. The van der Waals surface area contributed by atoms with Crippen LogP contribution in [0, 0.1) is 5.92 Å². The van der Waals surface area contributed by atoms with E-state index in [-0.39, 0.29) is 18.4 Å². The molecule has 3 rings (SSSR count). The van der Waals surface area contributed by atoms with Crippen LogP contribution in [0.15, 0.2) is 84.9 Å². The zero-order valence-corrected chi connectivity index (χ0v) is 20.7. The normalized spacial score (nSPS) is 11.8. The molecule has 0 radical (unpaired) electrons. The highest BCUT2D eigenvalue weighted by Gasteiger charge is 2.30. The van der Waals surface area contributed by atoms with E-state index in [1.807, 2.05) is 84.9 Å². The van der Waals surface area contributed by atoms with Crippen molar-refractivity contribution in [3.63, 3.8) is 0 Å². The molecule has 3 aromatic rings. The molecule has 3 aromatic carbocycles. The monoisotopic (exact) mass is 476 g/mol. The molecule has 0 saturated carbocycles. The van der Waals surface area contributed by atoms with Gasteiger partial charge in [-0.25, -0.2) is 0 Å². The Hall–Kier alpha value is -3.11. The highest BCUT2D eigenvalue weighted by molar-refractivity contribution is 6.31. The molecular weight excluding hydrogens is 444 g/mol. The number of rotatable bonds is 11. The topological polar surface area (TPSA) is 49.4 Å². The summed E-state index contributed by atoms with van der Waals surface area (Å²) >= 11 is 6.45. The Bertz CT molecular complexity index is 1050. The lowest BCUT2D eigenvalue weighted by molar-refractivity contribution is -0.141. The molecule has 0 aliphatic rings. The standard InChI is InChI=1S/C29H33ClN2O2/c1-22(2)20-31-29(34)27(19-24-13-7-4-8-14-24)32(21-25-15-9-10-16-26(25)30)28(33)18-17-23-11-5-3-6-12-23/h3-16,22,27H,17-21H2,1-2H3,(H,31,34)/t27-/m1/s1. The van der Waals surface area contributed by atoms with Gasteiger partial charge in [0.25, 0.3) is 0 Å². The van der Waals surface area contributed by atoms with Crippen LogP contribution in [0.25, 0.3) is 0 Å². The van der Waals surface area contributed by atoms with Crippen molar-refractivity contribution in [3.8, 4) is 0 Å². The summed E-state index contributed by atoms with van der Waals surface area (Å²) in [5.74, 6) is 0.106. The number of amides is 2. The summed E-state index contributed by atoms with van der Waals surface area (Å²) in [6.45, 7) is 4.94. The third-order valence-electron chi connectivity index (χ3n) is 5.72. The highest BCUT2D eigenvalue weighted by atomic mass is 35.5. The molecular formula is C29H33ClN2O2. The molecule has 0 unspecified atom stereocenters. The molecule has 0 fully saturated rings. The maximum absolute atomic E-state index is 13.6. The second kappa shape index (κ2) is 13.0. The fourth-order valence-electron chi connectivity index (χ4n) is 3.83. The van der Waals surface area contributed by atoms with Crippen LogP contribution < -0.4 is 5.32 Å². The van der Waals surface area contributed by atoms with E-state index in [0.717, 1.165) is 16.7 Å². The average Bonchev–Trinajstić information content (AvgIpc) is 2.85. The van der Waals surface area contributed by atoms with Crippen LogP contribution in [-0.4, -0.2) is 29.3 Å². The highest BCUT2D eigenvalue weighted by Crippen LogP contribution is 2.21. The predicted octanol–water partition coefficient (Wildman–Crippen LogP) is 5.68. The van der Waals surface area contributed by atoms with Crippen molar-refractivity contribution in [2.45, 2.75) is 45.7 Å². The van der Waals surface area contributed by atoms with Gasteiger partial charge in [-0.15, -0.1) is 0 Å². The molecule has 5 heteroatoms. The van der Waals surface area contributed by atoms with E-state index in [1.165, 1.54) is 0 Å². The molecule has 0 saturated heterocycles. The van der Waals surface area contributed by atoms with Crippen molar-refractivity contribution in [1.82, 2.24) is 10.2 Å². The molecule has 0 aromatic heterocycles. The van der Waals surface area contributed by atoms with Crippen LogP contribution in [0.2, 0.25) is 5.02 Å². The van der Waals surface area contributed by atoms with Gasteiger partial charge in [-0.05, 0) is 35.1 Å². The van der Waals surface area contributed by atoms with E-state index in [2.05, 4.69) is 19.2 Å². The number of hydrogen-bond acceptors (Lipinski definition) is 2. The summed E-state index contributed by atoms with van der Waals surface area (Å²) in [4.78, 5) is 28.7. The smallest absolute Gasteiger partial charge is 0.243 e. The van der Waals surface area contributed by atoms with Gasteiger partial charge in [-0.3, -0.25) is 9.59 Å². The molecule has 0 spiro atoms. The number of carbonyl (C=O) groups is 2. The van der Waals surface area contributed by atoms with Gasteiger partial charge in [0.05, 0.1) is 0 Å². The quantitative estimate of drug-likeness (QED) is 0.386. The van der Waals surface area contributed by atoms with Crippen LogP contribution in [-0.2, 0) is 29.0 Å². The zero-order valence-electron chi connectivity index (χ0n) is 19.9. The van der Waals surface area contributed by atoms with Crippen molar-refractivity contribution in [2.24, 2.45) is 5.92 Å². The summed E-state index contributed by atoms with van der Waals surface area (Å²) in [5.41, 5.74) is 2.93. The van der Waals surface area contributed by atoms with Crippen molar-refractivity contribution in [1.29, 1.82) is 0 Å². The first-order valence-electron chi connectivity index (χ1n) is 11.8. The van der Waals surface area contributed by atoms with Crippen molar-refractivity contribution >= 4 is 23.4 Å². The summed E-state index contributed by atoms with van der Waals surface area (Å²) in [6, 6.07) is 26.6. The number of nitrogens with one attached hydrogen (secondary N) is 1. The lowest BCUT2D eigenvalue weighted by Gasteiger charge is -2.32. The fourth-order valence-corrected chi connectivity index (χ4v) is 4.02. The minimum absolute atomic E-state index is 0.0654. The molecule has 34 heavy (non-hydrogen) atoms. The fraction of sp³-hybridized carbons (Fsp3) is 0.310. The molecule has 178 valence electrons. The summed E-state index contributed by atoms with van der Waals surface area (Å²) < 4.78 is 0. The molecule has 2 amide bonds. The maximum Gasteiger partial charge on any atom is 0.243 e. The Morgan fingerprint density at radius 2 is 1.44 bits per heavy atom. The van der Waals surface area contributed by atoms with E-state index in [1.54, 1.807) is 4.90 Å². The van der Waals surface area contributed by atoms with E-state index < -0.39 is 6.04 Å². The molecule has 0 aliphatic carbocycles. The average molecular weight is 477 g/mol. The van der Waals surface area contributed by atoms with Gasteiger partial charge in [0.1, 0.15) is 6.04 Å². The first kappa shape index (κ1) is 25.5. The van der Waals surface area contributed by atoms with Gasteiger partial charge in [0.15, 0.2) is 0 Å². The van der Waals surface area contributed by atoms with Crippen LogP contribution in [0.4, 0.5) is 0 Å². The number of halogens is 1. The van der Waals surface area contributed by atoms with Crippen LogP contribution in [0.3, 0.4) is 0 Å². The van der Waals surface area contributed by atoms with E-state index >= 15 is 0 Å². The van der Waals surface area contributed by atoms with E-state index in [0.29, 0.717) is 36.7 Å². The minimum Gasteiger partial charge on any atom is -0.354 e. The second-order valence-corrected chi connectivity index (χ2v) is 9.35. The first-order valence-corrected chi connectivity index (χ1v) is 12.2. The first-order chi connectivity index (χ1) is 16.4. The number of benzene rings is 3. The number of aryl methyl sites for hydroxylation is 1. The third kappa shape index (κ3) is 7.74.